The molecule has 0 atom stereocenters. The molecule has 1 amide bonds. The van der Waals surface area contributed by atoms with Crippen LogP contribution in [-0.2, 0) is 17.9 Å². The first-order valence-electron chi connectivity index (χ1n) is 7.41. The SMILES string of the molecule is Cc1cc2c(cc1C)CN(CC(=O)Nc1ccc(O)cc1)C2. The lowest BCUT2D eigenvalue weighted by Gasteiger charge is -2.14. The van der Waals surface area contributed by atoms with Gasteiger partial charge in [0, 0.05) is 18.8 Å². The lowest BCUT2D eigenvalue weighted by Crippen LogP contribution is -2.29. The zero-order chi connectivity index (χ0) is 15.7. The maximum absolute atomic E-state index is 12.1. The van der Waals surface area contributed by atoms with Gasteiger partial charge >= 0.3 is 0 Å². The van der Waals surface area contributed by atoms with Gasteiger partial charge in [-0.3, -0.25) is 9.69 Å². The van der Waals surface area contributed by atoms with Gasteiger partial charge in [-0.05, 0) is 60.4 Å². The number of aromatic hydroxyl groups is 1. The number of rotatable bonds is 3. The molecule has 114 valence electrons. The number of amides is 1. The number of carbonyl (C=O) groups is 1. The summed E-state index contributed by atoms with van der Waals surface area (Å²) in [6.07, 6.45) is 0. The normalized spacial score (nSPS) is 13.9. The quantitative estimate of drug-likeness (QED) is 0.856. The Balaban J connectivity index is 1.60. The van der Waals surface area contributed by atoms with Crippen LogP contribution in [0.1, 0.15) is 22.3 Å². The third kappa shape index (κ3) is 3.12. The van der Waals surface area contributed by atoms with Gasteiger partial charge in [-0.25, -0.2) is 0 Å². The summed E-state index contributed by atoms with van der Waals surface area (Å²) in [5.41, 5.74) is 5.94. The van der Waals surface area contributed by atoms with Crippen molar-refractivity contribution in [2.75, 3.05) is 11.9 Å². The average Bonchev–Trinajstić information content (AvgIpc) is 2.83. The van der Waals surface area contributed by atoms with E-state index in [0.717, 1.165) is 13.1 Å². The minimum atomic E-state index is -0.0352. The van der Waals surface area contributed by atoms with Gasteiger partial charge in [0.1, 0.15) is 5.75 Å². The van der Waals surface area contributed by atoms with Crippen molar-refractivity contribution in [2.24, 2.45) is 0 Å². The molecular weight excluding hydrogens is 276 g/mol. The Hall–Kier alpha value is -2.33. The molecule has 4 nitrogen and oxygen atoms in total. The summed E-state index contributed by atoms with van der Waals surface area (Å²) in [4.78, 5) is 14.3. The lowest BCUT2D eigenvalue weighted by molar-refractivity contribution is -0.117. The van der Waals surface area contributed by atoms with E-state index in [4.69, 9.17) is 0 Å². The van der Waals surface area contributed by atoms with E-state index >= 15 is 0 Å². The van der Waals surface area contributed by atoms with E-state index in [0.29, 0.717) is 12.2 Å². The van der Waals surface area contributed by atoms with E-state index in [1.54, 1.807) is 24.3 Å². The Morgan fingerprint density at radius 2 is 1.64 bits per heavy atom. The van der Waals surface area contributed by atoms with Crippen LogP contribution < -0.4 is 5.32 Å². The number of hydrogen-bond acceptors (Lipinski definition) is 3. The van der Waals surface area contributed by atoms with Crippen LogP contribution in [0.5, 0.6) is 5.75 Å². The zero-order valence-corrected chi connectivity index (χ0v) is 12.9. The number of anilines is 1. The molecule has 1 heterocycles. The van der Waals surface area contributed by atoms with Gasteiger partial charge in [-0.15, -0.1) is 0 Å². The summed E-state index contributed by atoms with van der Waals surface area (Å²) < 4.78 is 0. The van der Waals surface area contributed by atoms with Gasteiger partial charge in [0.25, 0.3) is 0 Å². The molecule has 0 aliphatic carbocycles. The van der Waals surface area contributed by atoms with Crippen LogP contribution in [0.25, 0.3) is 0 Å². The fourth-order valence-corrected chi connectivity index (χ4v) is 2.83. The number of benzene rings is 2. The number of phenolic OH excluding ortho intramolecular Hbond substituents is 1. The minimum absolute atomic E-state index is 0.0352. The van der Waals surface area contributed by atoms with E-state index < -0.39 is 0 Å². The molecule has 0 bridgehead atoms. The fraction of sp³-hybridized carbons (Fsp3) is 0.278. The number of fused-ring (bicyclic) bond motifs is 1. The predicted molar refractivity (Wildman–Crippen MR) is 86.8 cm³/mol. The van der Waals surface area contributed by atoms with Gasteiger partial charge in [0.2, 0.25) is 5.91 Å². The molecule has 0 spiro atoms. The summed E-state index contributed by atoms with van der Waals surface area (Å²) in [7, 11) is 0. The molecule has 2 aromatic rings. The molecule has 1 aliphatic rings. The predicted octanol–water partition coefficient (Wildman–Crippen LogP) is 2.96. The largest absolute Gasteiger partial charge is 0.508 e. The third-order valence-corrected chi connectivity index (χ3v) is 4.12. The highest BCUT2D eigenvalue weighted by Crippen LogP contribution is 2.25. The molecule has 0 radical (unpaired) electrons. The van der Waals surface area contributed by atoms with Crippen molar-refractivity contribution in [3.05, 3.63) is 58.7 Å². The number of nitrogens with one attached hydrogen (secondary N) is 1. The van der Waals surface area contributed by atoms with Crippen molar-refractivity contribution in [1.29, 1.82) is 0 Å². The van der Waals surface area contributed by atoms with E-state index in [1.807, 2.05) is 0 Å². The molecule has 0 unspecified atom stereocenters. The number of aryl methyl sites for hydroxylation is 2. The van der Waals surface area contributed by atoms with Crippen LogP contribution in [0, 0.1) is 13.8 Å². The number of nitrogens with zero attached hydrogens (tertiary/aromatic N) is 1. The molecule has 0 saturated carbocycles. The maximum Gasteiger partial charge on any atom is 0.238 e. The van der Waals surface area contributed by atoms with Crippen LogP contribution in [0.4, 0.5) is 5.69 Å². The zero-order valence-electron chi connectivity index (χ0n) is 12.9. The standard InChI is InChI=1S/C18H20N2O2/c1-12-7-14-9-20(10-15(14)8-13(12)2)11-18(22)19-16-3-5-17(21)6-4-16/h3-8,21H,9-11H2,1-2H3,(H,19,22). The molecule has 0 aromatic heterocycles. The minimum Gasteiger partial charge on any atom is -0.508 e. The van der Waals surface area contributed by atoms with Crippen molar-refractivity contribution in [2.45, 2.75) is 26.9 Å². The Kier molecular flexibility index (Phi) is 3.86. The van der Waals surface area contributed by atoms with E-state index in [9.17, 15) is 9.90 Å². The van der Waals surface area contributed by atoms with Gasteiger partial charge in [0.05, 0.1) is 6.54 Å². The molecule has 4 heteroatoms. The van der Waals surface area contributed by atoms with Crippen LogP contribution in [0.2, 0.25) is 0 Å². The Morgan fingerprint density at radius 3 is 2.18 bits per heavy atom. The Morgan fingerprint density at radius 1 is 1.09 bits per heavy atom. The highest BCUT2D eigenvalue weighted by Gasteiger charge is 2.21. The van der Waals surface area contributed by atoms with Crippen molar-refractivity contribution in [3.8, 4) is 5.75 Å². The summed E-state index contributed by atoms with van der Waals surface area (Å²) in [5, 5.41) is 12.1. The number of phenols is 1. The molecule has 3 rings (SSSR count). The summed E-state index contributed by atoms with van der Waals surface area (Å²) in [6.45, 7) is 6.25. The second-order valence-electron chi connectivity index (χ2n) is 5.95. The van der Waals surface area contributed by atoms with E-state index in [2.05, 4.69) is 36.2 Å². The van der Waals surface area contributed by atoms with Crippen molar-refractivity contribution in [3.63, 3.8) is 0 Å². The first-order chi connectivity index (χ1) is 10.5. The van der Waals surface area contributed by atoms with Crippen LogP contribution >= 0.6 is 0 Å². The molecule has 0 fully saturated rings. The smallest absolute Gasteiger partial charge is 0.238 e. The highest BCUT2D eigenvalue weighted by atomic mass is 16.3. The topological polar surface area (TPSA) is 52.6 Å². The van der Waals surface area contributed by atoms with Gasteiger partial charge in [0.15, 0.2) is 0 Å². The average molecular weight is 296 g/mol. The molecule has 1 aliphatic heterocycles. The second kappa shape index (κ2) is 5.81. The number of carbonyl (C=O) groups excluding carboxylic acids is 1. The second-order valence-corrected chi connectivity index (χ2v) is 5.95. The highest BCUT2D eigenvalue weighted by molar-refractivity contribution is 5.92. The third-order valence-electron chi connectivity index (χ3n) is 4.12. The van der Waals surface area contributed by atoms with Gasteiger partial charge in [-0.1, -0.05) is 12.1 Å². The van der Waals surface area contributed by atoms with Crippen molar-refractivity contribution in [1.82, 2.24) is 4.90 Å². The summed E-state index contributed by atoms with van der Waals surface area (Å²) in [6, 6.07) is 11.0. The molecule has 0 saturated heterocycles. The first kappa shape index (κ1) is 14.6. The maximum atomic E-state index is 12.1. The van der Waals surface area contributed by atoms with Gasteiger partial charge in [-0.2, -0.15) is 0 Å². The molecule has 22 heavy (non-hydrogen) atoms. The van der Waals surface area contributed by atoms with Crippen LogP contribution in [-0.4, -0.2) is 22.5 Å². The molecular formula is C18H20N2O2. The Labute approximate surface area is 130 Å². The monoisotopic (exact) mass is 296 g/mol. The molecule has 2 N–H and O–H groups in total. The van der Waals surface area contributed by atoms with Gasteiger partial charge < -0.3 is 10.4 Å². The lowest BCUT2D eigenvalue weighted by atomic mass is 10.0. The van der Waals surface area contributed by atoms with Crippen molar-refractivity contribution >= 4 is 11.6 Å². The van der Waals surface area contributed by atoms with Crippen LogP contribution in [0.15, 0.2) is 36.4 Å². The number of hydrogen-bond donors (Lipinski definition) is 2. The summed E-state index contributed by atoms with van der Waals surface area (Å²) in [5.74, 6) is 0.158. The van der Waals surface area contributed by atoms with E-state index in [-0.39, 0.29) is 11.7 Å². The Bertz CT molecular complexity index is 677. The van der Waals surface area contributed by atoms with Crippen LogP contribution in [0.3, 0.4) is 0 Å². The molecule has 2 aromatic carbocycles. The first-order valence-corrected chi connectivity index (χ1v) is 7.41. The fourth-order valence-electron chi connectivity index (χ4n) is 2.83. The van der Waals surface area contributed by atoms with E-state index in [1.165, 1.54) is 22.3 Å². The van der Waals surface area contributed by atoms with Crippen molar-refractivity contribution < 1.29 is 9.90 Å². The summed E-state index contributed by atoms with van der Waals surface area (Å²) >= 11 is 0.